The van der Waals surface area contributed by atoms with Crippen LogP contribution in [0.1, 0.15) is 62.3 Å². The molecule has 0 fully saturated rings. The number of hydrogen-bond acceptors (Lipinski definition) is 2. The molecule has 0 aromatic heterocycles. The topological polar surface area (TPSA) is 26.3 Å². The first kappa shape index (κ1) is 19.7. The summed E-state index contributed by atoms with van der Waals surface area (Å²) in [6.07, 6.45) is 0. The van der Waals surface area contributed by atoms with Gasteiger partial charge in [0.2, 0.25) is 0 Å². The highest BCUT2D eigenvalue weighted by atomic mass is 32.1. The van der Waals surface area contributed by atoms with Crippen molar-refractivity contribution in [3.05, 3.63) is 30.3 Å². The van der Waals surface area contributed by atoms with Gasteiger partial charge in [-0.3, -0.25) is 4.57 Å². The Hall–Kier alpha value is -0.320. The minimum absolute atomic E-state index is 0.0504. The van der Waals surface area contributed by atoms with Gasteiger partial charge < -0.3 is 4.52 Å². The van der Waals surface area contributed by atoms with E-state index in [1.807, 2.05) is 51.1 Å². The minimum atomic E-state index is -2.91. The molecule has 22 heavy (non-hydrogen) atoms. The number of rotatable bonds is 3. The molecular formula is C18H32O2P2. The maximum atomic E-state index is 14.2. The molecule has 0 aliphatic heterocycles. The molecule has 0 saturated heterocycles. The first-order valence-electron chi connectivity index (χ1n) is 7.85. The molecule has 1 unspecified atom stereocenters. The zero-order valence-electron chi connectivity index (χ0n) is 15.6. The SMILES string of the molecule is CC(C)(C)P(C(C)(C)C)P(=O)(Oc1ccccc1)C(C)(C)C. The van der Waals surface area contributed by atoms with E-state index in [9.17, 15) is 4.57 Å². The van der Waals surface area contributed by atoms with E-state index in [4.69, 9.17) is 4.52 Å². The predicted molar refractivity (Wildman–Crippen MR) is 101 cm³/mol. The summed E-state index contributed by atoms with van der Waals surface area (Å²) in [5.41, 5.74) is 0. The van der Waals surface area contributed by atoms with Crippen LogP contribution in [0, 0.1) is 0 Å². The molecule has 1 rings (SSSR count). The van der Waals surface area contributed by atoms with Crippen LogP contribution in [0.4, 0.5) is 0 Å². The Balaban J connectivity index is 3.47. The number of hydrogen-bond donors (Lipinski definition) is 0. The van der Waals surface area contributed by atoms with Crippen molar-refractivity contribution < 1.29 is 9.09 Å². The van der Waals surface area contributed by atoms with Gasteiger partial charge in [0.1, 0.15) is 5.75 Å². The van der Waals surface area contributed by atoms with E-state index >= 15 is 0 Å². The summed E-state index contributed by atoms with van der Waals surface area (Å²) in [7, 11) is -3.78. The summed E-state index contributed by atoms with van der Waals surface area (Å²) in [6.45, 7) is 19.3. The van der Waals surface area contributed by atoms with Crippen molar-refractivity contribution in [2.45, 2.75) is 77.8 Å². The normalized spacial score (nSPS) is 16.5. The Morgan fingerprint density at radius 2 is 1.23 bits per heavy atom. The smallest absolute Gasteiger partial charge is 0.272 e. The van der Waals surface area contributed by atoms with Crippen LogP contribution in [-0.2, 0) is 4.57 Å². The molecule has 0 amide bonds. The van der Waals surface area contributed by atoms with Crippen molar-refractivity contribution in [1.82, 2.24) is 0 Å². The summed E-state index contributed by atoms with van der Waals surface area (Å²) >= 11 is 0. The van der Waals surface area contributed by atoms with Crippen LogP contribution in [0.25, 0.3) is 0 Å². The average molecular weight is 342 g/mol. The standard InChI is InChI=1S/C18H32O2P2/c1-16(2,3)21(17(4,5)6)22(19,18(7,8)9)20-15-13-11-10-12-14-15/h10-14H,1-9H3. The molecule has 126 valence electrons. The van der Waals surface area contributed by atoms with Gasteiger partial charge in [0, 0.05) is 7.61 Å². The van der Waals surface area contributed by atoms with Crippen molar-refractivity contribution in [2.75, 3.05) is 0 Å². The van der Waals surface area contributed by atoms with Gasteiger partial charge in [-0.15, -0.1) is 0 Å². The summed E-state index contributed by atoms with van der Waals surface area (Å²) < 4.78 is 20.5. The third kappa shape index (κ3) is 4.36. The monoisotopic (exact) mass is 342 g/mol. The zero-order chi connectivity index (χ0) is 17.4. The second-order valence-electron chi connectivity index (χ2n) is 8.75. The minimum Gasteiger partial charge on any atom is -0.440 e. The number of benzene rings is 1. The Kier molecular flexibility index (Phi) is 5.64. The molecular weight excluding hydrogens is 310 g/mol. The molecule has 0 bridgehead atoms. The van der Waals surface area contributed by atoms with Gasteiger partial charge in [-0.1, -0.05) is 59.7 Å². The molecule has 2 nitrogen and oxygen atoms in total. The van der Waals surface area contributed by atoms with Crippen LogP contribution in [0.5, 0.6) is 5.75 Å². The quantitative estimate of drug-likeness (QED) is 0.546. The van der Waals surface area contributed by atoms with Crippen molar-refractivity contribution in [1.29, 1.82) is 0 Å². The van der Waals surface area contributed by atoms with Crippen LogP contribution in [0.2, 0.25) is 0 Å². The van der Waals surface area contributed by atoms with Crippen LogP contribution in [-0.4, -0.2) is 15.5 Å². The lowest BCUT2D eigenvalue weighted by molar-refractivity contribution is 0.465. The lowest BCUT2D eigenvalue weighted by Crippen LogP contribution is -2.31. The van der Waals surface area contributed by atoms with E-state index in [1.165, 1.54) is 0 Å². The molecule has 0 aliphatic rings. The molecule has 1 aromatic carbocycles. The second kappa shape index (κ2) is 6.29. The molecule has 4 heteroatoms. The van der Waals surface area contributed by atoms with Crippen LogP contribution in [0.3, 0.4) is 0 Å². The fourth-order valence-electron chi connectivity index (χ4n) is 2.90. The Bertz CT molecular complexity index is 517. The Morgan fingerprint density at radius 3 is 1.55 bits per heavy atom. The molecule has 0 radical (unpaired) electrons. The Morgan fingerprint density at radius 1 is 0.818 bits per heavy atom. The van der Waals surface area contributed by atoms with E-state index in [0.717, 1.165) is 0 Å². The highest BCUT2D eigenvalue weighted by molar-refractivity contribution is 8.32. The van der Waals surface area contributed by atoms with Gasteiger partial charge in [0.05, 0.1) is 5.16 Å². The molecule has 0 spiro atoms. The highest BCUT2D eigenvalue weighted by Gasteiger charge is 2.55. The summed E-state index contributed by atoms with van der Waals surface area (Å²) in [4.78, 5) is 0. The van der Waals surface area contributed by atoms with Gasteiger partial charge in [0.15, 0.2) is 0 Å². The summed E-state index contributed by atoms with van der Waals surface area (Å²) in [5.74, 6) is 0.710. The van der Waals surface area contributed by atoms with Crippen LogP contribution < -0.4 is 4.52 Å². The van der Waals surface area contributed by atoms with E-state index < -0.39 is 19.8 Å². The Labute approximate surface area is 138 Å². The lowest BCUT2D eigenvalue weighted by atomic mass is 10.2. The fourth-order valence-corrected chi connectivity index (χ4v) is 14.9. The van der Waals surface area contributed by atoms with Crippen molar-refractivity contribution in [2.24, 2.45) is 0 Å². The van der Waals surface area contributed by atoms with Crippen LogP contribution in [0.15, 0.2) is 30.3 Å². The summed E-state index contributed by atoms with van der Waals surface area (Å²) in [6, 6.07) is 9.61. The van der Waals surface area contributed by atoms with Crippen molar-refractivity contribution in [3.8, 4) is 5.75 Å². The average Bonchev–Trinajstić information content (AvgIpc) is 2.24. The van der Waals surface area contributed by atoms with Gasteiger partial charge >= 0.3 is 0 Å². The van der Waals surface area contributed by atoms with Gasteiger partial charge in [0.25, 0.3) is 7.06 Å². The molecule has 0 aliphatic carbocycles. The largest absolute Gasteiger partial charge is 0.440 e. The molecule has 0 N–H and O–H groups in total. The van der Waals surface area contributed by atoms with Crippen molar-refractivity contribution >= 4 is 14.7 Å². The second-order valence-corrected chi connectivity index (χ2v) is 17.4. The van der Waals surface area contributed by atoms with Gasteiger partial charge in [-0.25, -0.2) is 0 Å². The molecule has 1 aromatic rings. The van der Waals surface area contributed by atoms with Crippen molar-refractivity contribution in [3.63, 3.8) is 0 Å². The first-order valence-corrected chi connectivity index (χ1v) is 11.5. The highest BCUT2D eigenvalue weighted by Crippen LogP contribution is 2.89. The maximum absolute atomic E-state index is 14.2. The first-order chi connectivity index (χ1) is 9.69. The van der Waals surface area contributed by atoms with Gasteiger partial charge in [-0.2, -0.15) is 0 Å². The van der Waals surface area contributed by atoms with Crippen LogP contribution >= 0.6 is 14.7 Å². The predicted octanol–water partition coefficient (Wildman–Crippen LogP) is 7.14. The molecule has 1 atom stereocenters. The molecule has 0 saturated carbocycles. The van der Waals surface area contributed by atoms with E-state index in [2.05, 4.69) is 41.5 Å². The number of para-hydroxylation sites is 1. The molecule has 0 heterocycles. The van der Waals surface area contributed by atoms with E-state index in [0.29, 0.717) is 5.75 Å². The van der Waals surface area contributed by atoms with E-state index in [-0.39, 0.29) is 10.3 Å². The maximum Gasteiger partial charge on any atom is 0.272 e. The fraction of sp³-hybridized carbons (Fsp3) is 0.667. The van der Waals surface area contributed by atoms with Gasteiger partial charge in [-0.05, 0) is 43.2 Å². The summed E-state index contributed by atoms with van der Waals surface area (Å²) in [5, 5.41) is -0.495. The zero-order valence-corrected chi connectivity index (χ0v) is 17.4. The third-order valence-electron chi connectivity index (χ3n) is 3.35. The lowest BCUT2D eigenvalue weighted by Gasteiger charge is -2.49. The van der Waals surface area contributed by atoms with E-state index in [1.54, 1.807) is 0 Å². The third-order valence-corrected chi connectivity index (χ3v) is 15.8.